The Balaban J connectivity index is 2.20. The lowest BCUT2D eigenvalue weighted by Crippen LogP contribution is -2.00. The van der Waals surface area contributed by atoms with Gasteiger partial charge in [0.2, 0.25) is 5.76 Å². The lowest BCUT2D eigenvalue weighted by Gasteiger charge is -2.10. The molecule has 1 amide bonds. The molecule has 8 heteroatoms. The van der Waals surface area contributed by atoms with Crippen LogP contribution in [0.2, 0.25) is 0 Å². The van der Waals surface area contributed by atoms with Crippen molar-refractivity contribution in [3.63, 3.8) is 0 Å². The number of hydrogen-bond donors (Lipinski definition) is 0. The highest BCUT2D eigenvalue weighted by molar-refractivity contribution is 5.98. The molecule has 0 aliphatic heterocycles. The molecule has 0 N–H and O–H groups in total. The summed E-state index contributed by atoms with van der Waals surface area (Å²) < 4.78 is 17.7. The van der Waals surface area contributed by atoms with Crippen molar-refractivity contribution < 1.29 is 18.7 Å². The summed E-state index contributed by atoms with van der Waals surface area (Å²) in [5.41, 5.74) is 10.4. The Bertz CT molecular complexity index is 953. The quantitative estimate of drug-likeness (QED) is 0.395. The zero-order chi connectivity index (χ0) is 17.8. The van der Waals surface area contributed by atoms with E-state index in [4.69, 9.17) is 19.4 Å². The summed E-state index contributed by atoms with van der Waals surface area (Å²) in [6, 6.07) is 8.98. The molecule has 0 atom stereocenters. The fourth-order valence-corrected chi connectivity index (χ4v) is 2.54. The third-order valence-electron chi connectivity index (χ3n) is 3.65. The molecule has 25 heavy (non-hydrogen) atoms. The van der Waals surface area contributed by atoms with Crippen LogP contribution < -0.4 is 9.47 Å². The van der Waals surface area contributed by atoms with Gasteiger partial charge in [-0.2, -0.15) is 0 Å². The van der Waals surface area contributed by atoms with E-state index in [0.29, 0.717) is 22.7 Å². The third kappa shape index (κ3) is 2.93. The normalized spacial score (nSPS) is 10.2. The van der Waals surface area contributed by atoms with Crippen LogP contribution in [-0.2, 0) is 0 Å². The van der Waals surface area contributed by atoms with E-state index < -0.39 is 5.91 Å². The fourth-order valence-electron chi connectivity index (χ4n) is 2.54. The van der Waals surface area contributed by atoms with Crippen molar-refractivity contribution in [2.75, 3.05) is 14.2 Å². The van der Waals surface area contributed by atoms with Crippen molar-refractivity contribution in [1.82, 2.24) is 4.57 Å². The largest absolute Gasteiger partial charge is 0.493 e. The van der Waals surface area contributed by atoms with Gasteiger partial charge in [-0.15, -0.1) is 0 Å². The van der Waals surface area contributed by atoms with Gasteiger partial charge >= 0.3 is 0 Å². The second kappa shape index (κ2) is 6.86. The first kappa shape index (κ1) is 16.2. The molecule has 2 aromatic heterocycles. The van der Waals surface area contributed by atoms with E-state index in [1.54, 1.807) is 43.3 Å². The van der Waals surface area contributed by atoms with Gasteiger partial charge in [0.15, 0.2) is 11.5 Å². The second-order valence-corrected chi connectivity index (χ2v) is 4.98. The molecule has 0 aliphatic carbocycles. The SMILES string of the molecule is COc1ccc(-c2coc(C(=O)N=[N+]=[N-])c2-n2cccc2)cc1OC. The Morgan fingerprint density at radius 1 is 1.20 bits per heavy atom. The molecule has 1 aromatic carbocycles. The number of nitrogens with zero attached hydrogens (tertiary/aromatic N) is 4. The van der Waals surface area contributed by atoms with Crippen LogP contribution in [0.4, 0.5) is 0 Å². The Kier molecular flexibility index (Phi) is 4.45. The molecule has 8 nitrogen and oxygen atoms in total. The van der Waals surface area contributed by atoms with Crippen molar-refractivity contribution in [3.8, 4) is 28.3 Å². The average molecular weight is 338 g/mol. The van der Waals surface area contributed by atoms with Gasteiger partial charge in [0.05, 0.1) is 14.2 Å². The summed E-state index contributed by atoms with van der Waals surface area (Å²) >= 11 is 0. The number of azide groups is 1. The highest BCUT2D eigenvalue weighted by Crippen LogP contribution is 2.37. The Labute approximate surface area is 142 Å². The summed E-state index contributed by atoms with van der Waals surface area (Å²) in [5.74, 6) is 0.293. The van der Waals surface area contributed by atoms with Crippen molar-refractivity contribution in [2.24, 2.45) is 5.11 Å². The number of benzene rings is 1. The smallest absolute Gasteiger partial charge is 0.286 e. The van der Waals surface area contributed by atoms with E-state index in [2.05, 4.69) is 10.0 Å². The van der Waals surface area contributed by atoms with E-state index in [1.165, 1.54) is 6.26 Å². The van der Waals surface area contributed by atoms with Gasteiger partial charge in [0.25, 0.3) is 5.91 Å². The summed E-state index contributed by atoms with van der Waals surface area (Å²) in [4.78, 5) is 14.6. The van der Waals surface area contributed by atoms with Gasteiger partial charge < -0.3 is 18.5 Å². The van der Waals surface area contributed by atoms with Crippen LogP contribution >= 0.6 is 0 Å². The highest BCUT2D eigenvalue weighted by Gasteiger charge is 2.22. The molecule has 2 heterocycles. The maximum atomic E-state index is 12.1. The van der Waals surface area contributed by atoms with Crippen LogP contribution in [0.25, 0.3) is 27.3 Å². The Morgan fingerprint density at radius 2 is 1.92 bits per heavy atom. The molecule has 126 valence electrons. The van der Waals surface area contributed by atoms with Crippen molar-refractivity contribution >= 4 is 5.91 Å². The van der Waals surface area contributed by atoms with Crippen LogP contribution in [0.3, 0.4) is 0 Å². The zero-order valence-electron chi connectivity index (χ0n) is 13.5. The number of carbonyl (C=O) groups excluding carboxylic acids is 1. The highest BCUT2D eigenvalue weighted by atomic mass is 16.5. The van der Waals surface area contributed by atoms with E-state index in [9.17, 15) is 4.79 Å². The molecule has 0 unspecified atom stereocenters. The summed E-state index contributed by atoms with van der Waals surface area (Å²) in [7, 11) is 3.09. The lowest BCUT2D eigenvalue weighted by atomic mass is 10.1. The van der Waals surface area contributed by atoms with Gasteiger partial charge in [-0.25, -0.2) is 0 Å². The predicted octanol–water partition coefficient (Wildman–Crippen LogP) is 4.21. The minimum atomic E-state index is -0.794. The number of amides is 1. The van der Waals surface area contributed by atoms with Crippen LogP contribution in [0, 0.1) is 0 Å². The lowest BCUT2D eigenvalue weighted by molar-refractivity contribution is 0.0974. The molecule has 0 saturated carbocycles. The summed E-state index contributed by atoms with van der Waals surface area (Å²) in [5, 5.41) is 3.12. The van der Waals surface area contributed by atoms with E-state index in [-0.39, 0.29) is 5.76 Å². The fraction of sp³-hybridized carbons (Fsp3) is 0.118. The van der Waals surface area contributed by atoms with Crippen LogP contribution in [0.5, 0.6) is 11.5 Å². The number of ether oxygens (including phenoxy) is 2. The molecule has 0 aliphatic rings. The number of carbonyl (C=O) groups is 1. The van der Waals surface area contributed by atoms with Gasteiger partial charge in [0.1, 0.15) is 12.0 Å². The van der Waals surface area contributed by atoms with Gasteiger partial charge in [-0.05, 0) is 40.5 Å². The molecule has 0 spiro atoms. The monoisotopic (exact) mass is 338 g/mol. The van der Waals surface area contributed by atoms with Crippen molar-refractivity contribution in [2.45, 2.75) is 0 Å². The average Bonchev–Trinajstić information content (AvgIpc) is 3.30. The summed E-state index contributed by atoms with van der Waals surface area (Å²) in [6.45, 7) is 0. The minimum Gasteiger partial charge on any atom is -0.493 e. The molecule has 3 rings (SSSR count). The van der Waals surface area contributed by atoms with Gasteiger partial charge in [-0.1, -0.05) is 6.07 Å². The van der Waals surface area contributed by atoms with Crippen molar-refractivity contribution in [3.05, 3.63) is 65.2 Å². The van der Waals surface area contributed by atoms with Gasteiger partial charge in [0, 0.05) is 22.9 Å². The molecule has 3 aromatic rings. The first-order chi connectivity index (χ1) is 12.2. The number of methoxy groups -OCH3 is 2. The third-order valence-corrected chi connectivity index (χ3v) is 3.65. The van der Waals surface area contributed by atoms with Crippen molar-refractivity contribution in [1.29, 1.82) is 0 Å². The summed E-state index contributed by atoms with van der Waals surface area (Å²) in [6.07, 6.45) is 4.97. The minimum absolute atomic E-state index is 0.0428. The number of rotatable bonds is 5. The van der Waals surface area contributed by atoms with Gasteiger partial charge in [-0.3, -0.25) is 4.79 Å². The van der Waals surface area contributed by atoms with E-state index >= 15 is 0 Å². The maximum Gasteiger partial charge on any atom is 0.286 e. The zero-order valence-corrected chi connectivity index (χ0v) is 13.5. The first-order valence-corrected chi connectivity index (χ1v) is 7.26. The topological polar surface area (TPSA) is 102 Å². The second-order valence-electron chi connectivity index (χ2n) is 4.98. The number of hydrogen-bond acceptors (Lipinski definition) is 4. The molecule has 0 radical (unpaired) electrons. The van der Waals surface area contributed by atoms with E-state index in [1.807, 2.05) is 18.2 Å². The molecule has 0 bridgehead atoms. The molecular weight excluding hydrogens is 324 g/mol. The number of aromatic nitrogens is 1. The molecule has 0 saturated heterocycles. The maximum absolute atomic E-state index is 12.1. The first-order valence-electron chi connectivity index (χ1n) is 7.26. The van der Waals surface area contributed by atoms with Crippen LogP contribution in [0.15, 0.2) is 58.5 Å². The Morgan fingerprint density at radius 3 is 2.56 bits per heavy atom. The van der Waals surface area contributed by atoms with Crippen LogP contribution in [-0.4, -0.2) is 24.7 Å². The molecule has 0 fully saturated rings. The van der Waals surface area contributed by atoms with Crippen LogP contribution in [0.1, 0.15) is 10.6 Å². The Hall–Kier alpha value is -3.64. The molecular formula is C17H14N4O4. The number of furan rings is 1. The van der Waals surface area contributed by atoms with E-state index in [0.717, 1.165) is 5.56 Å². The standard InChI is InChI=1S/C17H14N4O4/c1-23-13-6-5-11(9-14(13)24-2)12-10-25-16(17(22)19-20-18)15(12)21-7-3-4-8-21/h3-10H,1-2H3. The predicted molar refractivity (Wildman–Crippen MR) is 90.1 cm³/mol.